The van der Waals surface area contributed by atoms with Crippen LogP contribution >= 0.6 is 0 Å². The highest BCUT2D eigenvalue weighted by atomic mass is 16.5. The number of hydrogen-bond donors (Lipinski definition) is 1. The average Bonchev–Trinajstić information content (AvgIpc) is 3.08. The number of ether oxygens (including phenoxy) is 1. The normalized spacial score (nSPS) is 16.5. The van der Waals surface area contributed by atoms with Gasteiger partial charge in [-0.15, -0.1) is 0 Å². The topological polar surface area (TPSA) is 41.6 Å². The minimum absolute atomic E-state index is 0.0430. The first kappa shape index (κ1) is 18.3. The van der Waals surface area contributed by atoms with E-state index in [1.807, 2.05) is 43.3 Å². The molecule has 0 aromatic heterocycles. The molecule has 0 radical (unpaired) electrons. The molecule has 0 spiro atoms. The van der Waals surface area contributed by atoms with E-state index in [1.165, 1.54) is 12.1 Å². The Kier molecular flexibility index (Phi) is 6.16. The van der Waals surface area contributed by atoms with Crippen molar-refractivity contribution in [2.75, 3.05) is 29.9 Å². The molecule has 1 amide bonds. The fourth-order valence-electron chi connectivity index (χ4n) is 3.33. The molecule has 2 aromatic carbocycles. The summed E-state index contributed by atoms with van der Waals surface area (Å²) in [6.07, 6.45) is 2.45. The van der Waals surface area contributed by atoms with Gasteiger partial charge in [0.05, 0.1) is 6.61 Å². The highest BCUT2D eigenvalue weighted by molar-refractivity contribution is 5.91. The van der Waals surface area contributed by atoms with E-state index >= 15 is 0 Å². The zero-order valence-corrected chi connectivity index (χ0v) is 15.7. The Morgan fingerprint density at radius 2 is 1.88 bits per heavy atom. The Balaban J connectivity index is 1.47. The van der Waals surface area contributed by atoms with Crippen molar-refractivity contribution in [3.63, 3.8) is 0 Å². The van der Waals surface area contributed by atoms with Crippen LogP contribution in [0.4, 0.5) is 11.4 Å². The van der Waals surface area contributed by atoms with Crippen molar-refractivity contribution in [2.24, 2.45) is 5.92 Å². The van der Waals surface area contributed by atoms with E-state index in [9.17, 15) is 4.79 Å². The van der Waals surface area contributed by atoms with Crippen LogP contribution in [0.15, 0.2) is 48.5 Å². The van der Waals surface area contributed by atoms with Crippen molar-refractivity contribution in [2.45, 2.75) is 33.1 Å². The van der Waals surface area contributed by atoms with E-state index in [2.05, 4.69) is 29.3 Å². The van der Waals surface area contributed by atoms with Crippen LogP contribution < -0.4 is 15.0 Å². The molecule has 0 saturated carbocycles. The fourth-order valence-corrected chi connectivity index (χ4v) is 3.33. The summed E-state index contributed by atoms with van der Waals surface area (Å²) in [6.45, 7) is 7.16. The van der Waals surface area contributed by atoms with Gasteiger partial charge in [-0.05, 0) is 67.6 Å². The number of aryl methyl sites for hydroxylation is 1. The van der Waals surface area contributed by atoms with Gasteiger partial charge in [-0.2, -0.15) is 0 Å². The zero-order chi connectivity index (χ0) is 18.4. The molecule has 4 nitrogen and oxygen atoms in total. The molecule has 1 aliphatic rings. The maximum absolute atomic E-state index is 12.2. The summed E-state index contributed by atoms with van der Waals surface area (Å²) in [7, 11) is 0. The highest BCUT2D eigenvalue weighted by Gasteiger charge is 2.18. The lowest BCUT2D eigenvalue weighted by Gasteiger charge is -2.18. The number of benzene rings is 2. The largest absolute Gasteiger partial charge is 0.494 e. The van der Waals surface area contributed by atoms with Crippen LogP contribution in [0.1, 0.15) is 32.3 Å². The molecule has 1 saturated heterocycles. The molecule has 4 heteroatoms. The number of carbonyl (C=O) groups is 1. The minimum atomic E-state index is 0.0430. The Morgan fingerprint density at radius 1 is 1.15 bits per heavy atom. The van der Waals surface area contributed by atoms with E-state index in [0.717, 1.165) is 42.4 Å². The van der Waals surface area contributed by atoms with Crippen molar-refractivity contribution >= 4 is 17.3 Å². The summed E-state index contributed by atoms with van der Waals surface area (Å²) in [6, 6.07) is 16.1. The van der Waals surface area contributed by atoms with Crippen molar-refractivity contribution in [1.29, 1.82) is 0 Å². The predicted molar refractivity (Wildman–Crippen MR) is 107 cm³/mol. The van der Waals surface area contributed by atoms with E-state index in [0.29, 0.717) is 13.0 Å². The Hall–Kier alpha value is -2.49. The first-order valence-corrected chi connectivity index (χ1v) is 9.50. The number of nitrogens with one attached hydrogen (secondary N) is 1. The standard InChI is InChI=1S/C22H28N2O2/c1-3-26-21-11-4-18(5-12-21)6-13-22(25)23-19-7-9-20(10-8-19)24-15-14-17(2)16-24/h4-5,7-12,17H,3,6,13-16H2,1-2H3,(H,23,25). The first-order valence-electron chi connectivity index (χ1n) is 9.50. The van der Waals surface area contributed by atoms with Gasteiger partial charge < -0.3 is 15.0 Å². The van der Waals surface area contributed by atoms with Crippen LogP contribution in [0.2, 0.25) is 0 Å². The molecule has 1 heterocycles. The molecule has 1 fully saturated rings. The molecule has 2 aromatic rings. The molecule has 138 valence electrons. The van der Waals surface area contributed by atoms with E-state index in [1.54, 1.807) is 0 Å². The number of nitrogens with zero attached hydrogens (tertiary/aromatic N) is 1. The molecule has 1 unspecified atom stereocenters. The number of hydrogen-bond acceptors (Lipinski definition) is 3. The van der Waals surface area contributed by atoms with Gasteiger partial charge in [-0.25, -0.2) is 0 Å². The second kappa shape index (κ2) is 8.75. The number of rotatable bonds is 7. The fraction of sp³-hybridized carbons (Fsp3) is 0.409. The summed E-state index contributed by atoms with van der Waals surface area (Å²) in [4.78, 5) is 14.6. The Bertz CT molecular complexity index is 710. The number of carbonyl (C=O) groups excluding carboxylic acids is 1. The third-order valence-corrected chi connectivity index (χ3v) is 4.82. The molecular weight excluding hydrogens is 324 g/mol. The van der Waals surface area contributed by atoms with Crippen LogP contribution in [0.3, 0.4) is 0 Å². The van der Waals surface area contributed by atoms with Crippen LogP contribution in [-0.4, -0.2) is 25.6 Å². The smallest absolute Gasteiger partial charge is 0.224 e. The van der Waals surface area contributed by atoms with Crippen molar-refractivity contribution in [1.82, 2.24) is 0 Å². The van der Waals surface area contributed by atoms with E-state index in [4.69, 9.17) is 4.74 Å². The summed E-state index contributed by atoms with van der Waals surface area (Å²) in [5, 5.41) is 2.99. The second-order valence-corrected chi connectivity index (χ2v) is 7.01. The molecule has 0 aliphatic carbocycles. The van der Waals surface area contributed by atoms with Gasteiger partial charge in [0.1, 0.15) is 5.75 Å². The minimum Gasteiger partial charge on any atom is -0.494 e. The van der Waals surface area contributed by atoms with E-state index < -0.39 is 0 Å². The van der Waals surface area contributed by atoms with Crippen LogP contribution in [0.5, 0.6) is 5.75 Å². The molecule has 1 aliphatic heterocycles. The maximum atomic E-state index is 12.2. The van der Waals surface area contributed by atoms with Crippen LogP contribution in [0.25, 0.3) is 0 Å². The summed E-state index contributed by atoms with van der Waals surface area (Å²) >= 11 is 0. The molecule has 3 rings (SSSR count). The van der Waals surface area contributed by atoms with Crippen molar-refractivity contribution in [3.05, 3.63) is 54.1 Å². The zero-order valence-electron chi connectivity index (χ0n) is 15.7. The average molecular weight is 352 g/mol. The third-order valence-electron chi connectivity index (χ3n) is 4.82. The molecule has 1 N–H and O–H groups in total. The summed E-state index contributed by atoms with van der Waals surface area (Å²) in [5.74, 6) is 1.67. The summed E-state index contributed by atoms with van der Waals surface area (Å²) in [5.41, 5.74) is 3.24. The van der Waals surface area contributed by atoms with Gasteiger partial charge >= 0.3 is 0 Å². The van der Waals surface area contributed by atoms with Crippen molar-refractivity contribution in [3.8, 4) is 5.75 Å². The molecule has 1 atom stereocenters. The van der Waals surface area contributed by atoms with Crippen molar-refractivity contribution < 1.29 is 9.53 Å². The van der Waals surface area contributed by atoms with Gasteiger partial charge in [-0.3, -0.25) is 4.79 Å². The van der Waals surface area contributed by atoms with Gasteiger partial charge in [0.2, 0.25) is 5.91 Å². The SMILES string of the molecule is CCOc1ccc(CCC(=O)Nc2ccc(N3CCC(C)C3)cc2)cc1. The quantitative estimate of drug-likeness (QED) is 0.797. The lowest BCUT2D eigenvalue weighted by molar-refractivity contribution is -0.116. The maximum Gasteiger partial charge on any atom is 0.224 e. The summed E-state index contributed by atoms with van der Waals surface area (Å²) < 4.78 is 5.44. The first-order chi connectivity index (χ1) is 12.6. The number of amides is 1. The second-order valence-electron chi connectivity index (χ2n) is 7.01. The van der Waals surface area contributed by atoms with Gasteiger partial charge in [-0.1, -0.05) is 19.1 Å². The monoisotopic (exact) mass is 352 g/mol. The Morgan fingerprint density at radius 3 is 2.50 bits per heavy atom. The molecule has 0 bridgehead atoms. The van der Waals surface area contributed by atoms with Crippen LogP contribution in [-0.2, 0) is 11.2 Å². The molecule has 26 heavy (non-hydrogen) atoms. The van der Waals surface area contributed by atoms with Gasteiger partial charge in [0.25, 0.3) is 0 Å². The lowest BCUT2D eigenvalue weighted by Crippen LogP contribution is -2.19. The third kappa shape index (κ3) is 5.01. The van der Waals surface area contributed by atoms with Gasteiger partial charge in [0, 0.05) is 30.9 Å². The van der Waals surface area contributed by atoms with Crippen LogP contribution in [0, 0.1) is 5.92 Å². The predicted octanol–water partition coefficient (Wildman–Crippen LogP) is 4.50. The highest BCUT2D eigenvalue weighted by Crippen LogP contribution is 2.24. The molecular formula is C22H28N2O2. The Labute approximate surface area is 156 Å². The van der Waals surface area contributed by atoms with Gasteiger partial charge in [0.15, 0.2) is 0 Å². The number of anilines is 2. The lowest BCUT2D eigenvalue weighted by atomic mass is 10.1. The van der Waals surface area contributed by atoms with E-state index in [-0.39, 0.29) is 5.91 Å².